The van der Waals surface area contributed by atoms with Crippen LogP contribution in [-0.4, -0.2) is 50.6 Å². The van der Waals surface area contributed by atoms with Gasteiger partial charge in [0.05, 0.1) is 6.61 Å². The van der Waals surface area contributed by atoms with E-state index < -0.39 is 0 Å². The molecule has 0 atom stereocenters. The molecule has 0 fully saturated rings. The van der Waals surface area contributed by atoms with E-state index in [0.717, 1.165) is 18.8 Å². The van der Waals surface area contributed by atoms with Crippen LogP contribution >= 0.6 is 0 Å². The predicted octanol–water partition coefficient (Wildman–Crippen LogP) is 1.26. The average Bonchev–Trinajstić information content (AvgIpc) is 2.37. The summed E-state index contributed by atoms with van der Waals surface area (Å²) in [4.78, 5) is 8.36. The van der Waals surface area contributed by atoms with E-state index in [9.17, 15) is 0 Å². The maximum absolute atomic E-state index is 5.49. The molecule has 0 unspecified atom stereocenters. The molecule has 6 nitrogen and oxygen atoms in total. The number of anilines is 1. The summed E-state index contributed by atoms with van der Waals surface area (Å²) in [5, 5.41) is 2.96. The van der Waals surface area contributed by atoms with Crippen molar-refractivity contribution in [3.63, 3.8) is 0 Å². The summed E-state index contributed by atoms with van der Waals surface area (Å²) in [6.45, 7) is 4.25. The molecule has 0 aliphatic heterocycles. The first-order chi connectivity index (χ1) is 8.76. The van der Waals surface area contributed by atoms with E-state index in [1.54, 1.807) is 13.2 Å². The lowest BCUT2D eigenvalue weighted by molar-refractivity contribution is 0.0795. The number of nitrogens with one attached hydrogen (secondary N) is 1. The summed E-state index contributed by atoms with van der Waals surface area (Å²) in [6.07, 6.45) is 0.896. The molecule has 1 N–H and O–H groups in total. The van der Waals surface area contributed by atoms with Crippen molar-refractivity contribution in [1.29, 1.82) is 0 Å². The summed E-state index contributed by atoms with van der Waals surface area (Å²) in [5.41, 5.74) is 0. The van der Waals surface area contributed by atoms with Crippen LogP contribution in [0.3, 0.4) is 0 Å². The molecule has 0 radical (unpaired) electrons. The third kappa shape index (κ3) is 5.79. The molecule has 1 aromatic rings. The number of ether oxygens (including phenoxy) is 3. The molecule has 0 amide bonds. The molecule has 0 aliphatic carbocycles. The Labute approximate surface area is 108 Å². The van der Waals surface area contributed by atoms with Crippen LogP contribution in [0.4, 0.5) is 5.82 Å². The first kappa shape index (κ1) is 14.7. The van der Waals surface area contributed by atoms with Crippen LogP contribution < -0.4 is 10.1 Å². The summed E-state index contributed by atoms with van der Waals surface area (Å²) in [6, 6.07) is 1.76. The van der Waals surface area contributed by atoms with Crippen LogP contribution in [0.5, 0.6) is 5.88 Å². The van der Waals surface area contributed by atoms with Gasteiger partial charge in [0.25, 0.3) is 0 Å². The van der Waals surface area contributed by atoms with Crippen LogP contribution in [0, 0.1) is 6.92 Å². The van der Waals surface area contributed by atoms with Crippen molar-refractivity contribution >= 4 is 5.82 Å². The van der Waals surface area contributed by atoms with Crippen molar-refractivity contribution in [1.82, 2.24) is 9.97 Å². The van der Waals surface area contributed by atoms with Gasteiger partial charge in [-0.05, 0) is 13.3 Å². The highest BCUT2D eigenvalue weighted by Gasteiger charge is 2.01. The fourth-order valence-corrected chi connectivity index (χ4v) is 1.35. The zero-order chi connectivity index (χ0) is 13.2. The lowest BCUT2D eigenvalue weighted by Crippen LogP contribution is -2.10. The lowest BCUT2D eigenvalue weighted by atomic mass is 10.5. The van der Waals surface area contributed by atoms with Gasteiger partial charge in [-0.1, -0.05) is 0 Å². The maximum Gasteiger partial charge on any atom is 0.218 e. The van der Waals surface area contributed by atoms with E-state index in [0.29, 0.717) is 31.5 Å². The topological polar surface area (TPSA) is 65.5 Å². The van der Waals surface area contributed by atoms with Gasteiger partial charge in [-0.3, -0.25) is 0 Å². The SMILES string of the molecule is CNc1cc(OCCOCCCOC)nc(C)n1. The van der Waals surface area contributed by atoms with Gasteiger partial charge < -0.3 is 19.5 Å². The number of aromatic nitrogens is 2. The van der Waals surface area contributed by atoms with Gasteiger partial charge in [0.2, 0.25) is 5.88 Å². The molecule has 0 aromatic carbocycles. The maximum atomic E-state index is 5.49. The first-order valence-electron chi connectivity index (χ1n) is 5.99. The Hall–Kier alpha value is -1.40. The van der Waals surface area contributed by atoms with Gasteiger partial charge in [0, 0.05) is 33.4 Å². The molecule has 1 aromatic heterocycles. The number of hydrogen-bond acceptors (Lipinski definition) is 6. The van der Waals surface area contributed by atoms with E-state index in [1.807, 2.05) is 14.0 Å². The quantitative estimate of drug-likeness (QED) is 0.670. The summed E-state index contributed by atoms with van der Waals surface area (Å²) in [5.74, 6) is 1.99. The monoisotopic (exact) mass is 255 g/mol. The second-order valence-electron chi connectivity index (χ2n) is 3.70. The number of hydrogen-bond donors (Lipinski definition) is 1. The van der Waals surface area contributed by atoms with Crippen molar-refractivity contribution in [3.05, 3.63) is 11.9 Å². The van der Waals surface area contributed by atoms with Gasteiger partial charge in [0.15, 0.2) is 0 Å². The molecule has 0 aliphatic rings. The molecule has 18 heavy (non-hydrogen) atoms. The lowest BCUT2D eigenvalue weighted by Gasteiger charge is -2.08. The molecular weight excluding hydrogens is 234 g/mol. The number of aryl methyl sites for hydroxylation is 1. The smallest absolute Gasteiger partial charge is 0.218 e. The van der Waals surface area contributed by atoms with Crippen LogP contribution in [-0.2, 0) is 9.47 Å². The Balaban J connectivity index is 2.20. The Kier molecular flexibility index (Phi) is 7.05. The Bertz CT molecular complexity index is 347. The second-order valence-corrected chi connectivity index (χ2v) is 3.70. The molecule has 0 bridgehead atoms. The highest BCUT2D eigenvalue weighted by molar-refractivity contribution is 5.37. The zero-order valence-electron chi connectivity index (χ0n) is 11.2. The van der Waals surface area contributed by atoms with Crippen LogP contribution in [0.1, 0.15) is 12.2 Å². The number of methoxy groups -OCH3 is 1. The predicted molar refractivity (Wildman–Crippen MR) is 69.1 cm³/mol. The zero-order valence-corrected chi connectivity index (χ0v) is 11.2. The highest BCUT2D eigenvalue weighted by atomic mass is 16.5. The van der Waals surface area contributed by atoms with E-state index in [4.69, 9.17) is 14.2 Å². The Morgan fingerprint density at radius 3 is 2.72 bits per heavy atom. The van der Waals surface area contributed by atoms with Crippen LogP contribution in [0.2, 0.25) is 0 Å². The number of nitrogens with zero attached hydrogens (tertiary/aromatic N) is 2. The van der Waals surface area contributed by atoms with E-state index >= 15 is 0 Å². The first-order valence-corrected chi connectivity index (χ1v) is 5.99. The van der Waals surface area contributed by atoms with E-state index in [1.165, 1.54) is 0 Å². The third-order valence-corrected chi connectivity index (χ3v) is 2.19. The molecule has 1 heterocycles. The highest BCUT2D eigenvalue weighted by Crippen LogP contribution is 2.12. The Morgan fingerprint density at radius 2 is 2.00 bits per heavy atom. The third-order valence-electron chi connectivity index (χ3n) is 2.19. The molecule has 0 saturated carbocycles. The van der Waals surface area contributed by atoms with Gasteiger partial charge in [0.1, 0.15) is 18.2 Å². The average molecular weight is 255 g/mol. The summed E-state index contributed by atoms with van der Waals surface area (Å²) >= 11 is 0. The second kappa shape index (κ2) is 8.66. The normalized spacial score (nSPS) is 10.4. The Morgan fingerprint density at radius 1 is 1.17 bits per heavy atom. The molecule has 6 heteroatoms. The minimum atomic E-state index is 0.479. The fourth-order valence-electron chi connectivity index (χ4n) is 1.35. The summed E-state index contributed by atoms with van der Waals surface area (Å²) in [7, 11) is 3.49. The van der Waals surface area contributed by atoms with Crippen molar-refractivity contribution in [2.24, 2.45) is 0 Å². The summed E-state index contributed by atoms with van der Waals surface area (Å²) < 4.78 is 15.8. The van der Waals surface area contributed by atoms with Gasteiger partial charge in [-0.25, -0.2) is 4.98 Å². The minimum Gasteiger partial charge on any atom is -0.475 e. The van der Waals surface area contributed by atoms with E-state index in [2.05, 4.69) is 15.3 Å². The van der Waals surface area contributed by atoms with Crippen molar-refractivity contribution in [2.45, 2.75) is 13.3 Å². The van der Waals surface area contributed by atoms with Crippen molar-refractivity contribution in [3.8, 4) is 5.88 Å². The largest absolute Gasteiger partial charge is 0.475 e. The standard InChI is InChI=1S/C12H21N3O3/c1-10-14-11(13-2)9-12(15-10)18-8-7-17-6-4-5-16-3/h9H,4-8H2,1-3H3,(H,13,14,15). The number of rotatable bonds is 9. The van der Waals surface area contributed by atoms with Crippen LogP contribution in [0.15, 0.2) is 6.07 Å². The minimum absolute atomic E-state index is 0.479. The molecule has 102 valence electrons. The molecule has 1 rings (SSSR count). The molecule has 0 spiro atoms. The van der Waals surface area contributed by atoms with E-state index in [-0.39, 0.29) is 0 Å². The molecule has 0 saturated heterocycles. The fraction of sp³-hybridized carbons (Fsp3) is 0.667. The van der Waals surface area contributed by atoms with Crippen molar-refractivity contribution in [2.75, 3.05) is 45.9 Å². The van der Waals surface area contributed by atoms with Gasteiger partial charge >= 0.3 is 0 Å². The van der Waals surface area contributed by atoms with Crippen LogP contribution in [0.25, 0.3) is 0 Å². The molecular formula is C12H21N3O3. The van der Waals surface area contributed by atoms with Gasteiger partial charge in [-0.15, -0.1) is 0 Å². The van der Waals surface area contributed by atoms with Crippen molar-refractivity contribution < 1.29 is 14.2 Å². The van der Waals surface area contributed by atoms with Gasteiger partial charge in [-0.2, -0.15) is 4.98 Å².